The van der Waals surface area contributed by atoms with Gasteiger partial charge in [-0.2, -0.15) is 0 Å². The molecule has 1 heterocycles. The van der Waals surface area contributed by atoms with Crippen LogP contribution in [-0.4, -0.2) is 35.0 Å². The summed E-state index contributed by atoms with van der Waals surface area (Å²) in [5.74, 6) is 1.02. The molecule has 0 aliphatic rings. The summed E-state index contributed by atoms with van der Waals surface area (Å²) in [7, 11) is 0. The lowest BCUT2D eigenvalue weighted by Gasteiger charge is -2.18. The molecule has 0 bridgehead atoms. The highest BCUT2D eigenvalue weighted by molar-refractivity contribution is 14.1. The van der Waals surface area contributed by atoms with Gasteiger partial charge in [0.15, 0.2) is 0 Å². The number of benzene rings is 2. The Labute approximate surface area is 179 Å². The third kappa shape index (κ3) is 6.32. The van der Waals surface area contributed by atoms with E-state index in [0.717, 1.165) is 52.2 Å². The first-order chi connectivity index (χ1) is 13.6. The molecule has 1 aromatic heterocycles. The molecule has 0 spiro atoms. The highest BCUT2D eigenvalue weighted by Gasteiger charge is 2.09. The lowest BCUT2D eigenvalue weighted by molar-refractivity contribution is -0.116. The number of aryl methyl sites for hydroxylation is 1. The molecular weight excluding hydrogens is 465 g/mol. The monoisotopic (exact) mass is 491 g/mol. The van der Waals surface area contributed by atoms with Crippen molar-refractivity contribution < 1.29 is 9.21 Å². The van der Waals surface area contributed by atoms with Crippen molar-refractivity contribution in [1.82, 2.24) is 10.2 Å². The summed E-state index contributed by atoms with van der Waals surface area (Å²) < 4.78 is 6.83. The highest BCUT2D eigenvalue weighted by atomic mass is 127. The largest absolute Gasteiger partial charge is 0.460 e. The van der Waals surface area contributed by atoms with E-state index in [-0.39, 0.29) is 5.91 Å². The van der Waals surface area contributed by atoms with Gasteiger partial charge in [0.25, 0.3) is 0 Å². The molecule has 0 unspecified atom stereocenters. The maximum absolute atomic E-state index is 12.0. The molecule has 1 amide bonds. The van der Waals surface area contributed by atoms with Crippen LogP contribution in [0.3, 0.4) is 0 Å². The number of amides is 1. The topological polar surface area (TPSA) is 57.5 Å². The van der Waals surface area contributed by atoms with E-state index in [9.17, 15) is 4.79 Å². The fraction of sp³-hybridized carbons (Fsp3) is 0.318. The maximum Gasteiger partial charge on any atom is 0.225 e. The standard InChI is InChI=1S/C22H26IN3O2/c1-17-5-4-7-19(13-17)25-22(27)9-10-24-11-12-26(16-23)15-20-14-18-6-2-3-8-21(18)28-20/h2-8,13-14,24H,9-12,15-16H2,1H3,(H,25,27). The molecule has 0 fully saturated rings. The number of halogens is 1. The molecule has 0 radical (unpaired) electrons. The summed E-state index contributed by atoms with van der Waals surface area (Å²) in [6.07, 6.45) is 0.460. The van der Waals surface area contributed by atoms with Crippen molar-refractivity contribution in [2.24, 2.45) is 0 Å². The predicted molar refractivity (Wildman–Crippen MR) is 123 cm³/mol. The van der Waals surface area contributed by atoms with Crippen LogP contribution in [0, 0.1) is 6.92 Å². The summed E-state index contributed by atoms with van der Waals surface area (Å²) in [5, 5.41) is 7.43. The van der Waals surface area contributed by atoms with Gasteiger partial charge in [0.2, 0.25) is 5.91 Å². The molecule has 2 N–H and O–H groups in total. The number of rotatable bonds is 10. The zero-order valence-electron chi connectivity index (χ0n) is 16.1. The van der Waals surface area contributed by atoms with Crippen LogP contribution in [0.4, 0.5) is 5.69 Å². The van der Waals surface area contributed by atoms with E-state index in [0.29, 0.717) is 13.0 Å². The average Bonchev–Trinajstić information content (AvgIpc) is 3.09. The number of hydrogen-bond acceptors (Lipinski definition) is 4. The zero-order chi connectivity index (χ0) is 19.8. The quantitative estimate of drug-likeness (QED) is 0.189. The lowest BCUT2D eigenvalue weighted by atomic mass is 10.2. The first-order valence-electron chi connectivity index (χ1n) is 9.47. The number of carbonyl (C=O) groups is 1. The molecule has 0 saturated heterocycles. The van der Waals surface area contributed by atoms with Crippen LogP contribution >= 0.6 is 22.6 Å². The molecule has 2 aromatic carbocycles. The van der Waals surface area contributed by atoms with Crippen LogP contribution in [0.25, 0.3) is 11.0 Å². The molecule has 3 rings (SSSR count). The van der Waals surface area contributed by atoms with E-state index < -0.39 is 0 Å². The van der Waals surface area contributed by atoms with Crippen molar-refractivity contribution in [3.63, 3.8) is 0 Å². The van der Waals surface area contributed by atoms with E-state index in [1.165, 1.54) is 0 Å². The Kier molecular flexibility index (Phi) is 7.88. The Morgan fingerprint density at radius 1 is 1.11 bits per heavy atom. The minimum absolute atomic E-state index is 0.0334. The second-order valence-corrected chi connectivity index (χ2v) is 7.52. The molecule has 5 nitrogen and oxygen atoms in total. The Morgan fingerprint density at radius 2 is 1.96 bits per heavy atom. The van der Waals surface area contributed by atoms with Crippen molar-refractivity contribution in [3.05, 3.63) is 65.9 Å². The number of anilines is 1. The van der Waals surface area contributed by atoms with Gasteiger partial charge in [-0.1, -0.05) is 52.9 Å². The first kappa shape index (κ1) is 20.8. The number of carbonyl (C=O) groups excluding carboxylic acids is 1. The van der Waals surface area contributed by atoms with Crippen molar-refractivity contribution in [1.29, 1.82) is 0 Å². The Morgan fingerprint density at radius 3 is 2.75 bits per heavy atom. The highest BCUT2D eigenvalue weighted by Crippen LogP contribution is 2.20. The van der Waals surface area contributed by atoms with Gasteiger partial charge in [-0.15, -0.1) is 0 Å². The molecule has 0 atom stereocenters. The molecule has 0 aliphatic carbocycles. The van der Waals surface area contributed by atoms with E-state index in [2.05, 4.69) is 50.3 Å². The number of hydrogen-bond donors (Lipinski definition) is 2. The number of fused-ring (bicyclic) bond motifs is 1. The van der Waals surface area contributed by atoms with E-state index in [1.54, 1.807) is 0 Å². The third-order valence-corrected chi connectivity index (χ3v) is 5.43. The van der Waals surface area contributed by atoms with Gasteiger partial charge >= 0.3 is 0 Å². The second kappa shape index (κ2) is 10.6. The van der Waals surface area contributed by atoms with E-state index >= 15 is 0 Å². The molecule has 148 valence electrons. The van der Waals surface area contributed by atoms with Crippen molar-refractivity contribution in [3.8, 4) is 0 Å². The van der Waals surface area contributed by atoms with Gasteiger partial charge in [0, 0.05) is 37.1 Å². The molecule has 0 saturated carbocycles. The van der Waals surface area contributed by atoms with Crippen LogP contribution in [0.2, 0.25) is 0 Å². The number of nitrogens with zero attached hydrogens (tertiary/aromatic N) is 1. The van der Waals surface area contributed by atoms with Gasteiger partial charge < -0.3 is 15.1 Å². The number of alkyl halides is 1. The fourth-order valence-corrected chi connectivity index (χ4v) is 3.61. The predicted octanol–water partition coefficient (Wildman–Crippen LogP) is 4.55. The number of furan rings is 1. The Hall–Kier alpha value is -1.90. The normalized spacial score (nSPS) is 11.2. The smallest absolute Gasteiger partial charge is 0.225 e. The fourth-order valence-electron chi connectivity index (χ4n) is 3.03. The van der Waals surface area contributed by atoms with Gasteiger partial charge in [-0.25, -0.2) is 0 Å². The SMILES string of the molecule is Cc1cccc(NC(=O)CCNCCN(CI)Cc2cc3ccccc3o2)c1. The maximum atomic E-state index is 12.0. The van der Waals surface area contributed by atoms with E-state index in [4.69, 9.17) is 4.42 Å². The van der Waals surface area contributed by atoms with Crippen LogP contribution in [0.5, 0.6) is 0 Å². The molecule has 28 heavy (non-hydrogen) atoms. The molecular formula is C22H26IN3O2. The van der Waals surface area contributed by atoms with Crippen molar-refractivity contribution in [2.45, 2.75) is 19.9 Å². The van der Waals surface area contributed by atoms with Crippen molar-refractivity contribution >= 4 is 45.2 Å². The molecule has 0 aliphatic heterocycles. The number of nitrogens with one attached hydrogen (secondary N) is 2. The van der Waals surface area contributed by atoms with Crippen LogP contribution < -0.4 is 10.6 Å². The number of para-hydroxylation sites is 1. The summed E-state index contributed by atoms with van der Waals surface area (Å²) in [5.41, 5.74) is 2.93. The van der Waals surface area contributed by atoms with Gasteiger partial charge in [0.1, 0.15) is 11.3 Å². The van der Waals surface area contributed by atoms with Gasteiger partial charge in [-0.3, -0.25) is 9.69 Å². The second-order valence-electron chi connectivity index (χ2n) is 6.84. The molecule has 6 heteroatoms. The summed E-state index contributed by atoms with van der Waals surface area (Å²) >= 11 is 2.37. The minimum atomic E-state index is 0.0334. The summed E-state index contributed by atoms with van der Waals surface area (Å²) in [6, 6.07) is 18.0. The third-order valence-electron chi connectivity index (χ3n) is 4.46. The van der Waals surface area contributed by atoms with E-state index in [1.807, 2.05) is 49.4 Å². The Balaban J connectivity index is 1.35. The van der Waals surface area contributed by atoms with Crippen LogP contribution in [0.15, 0.2) is 59.0 Å². The summed E-state index contributed by atoms with van der Waals surface area (Å²) in [4.78, 5) is 14.3. The minimum Gasteiger partial charge on any atom is -0.460 e. The average molecular weight is 491 g/mol. The Bertz CT molecular complexity index is 876. The molecule has 3 aromatic rings. The lowest BCUT2D eigenvalue weighted by Crippen LogP contribution is -2.32. The van der Waals surface area contributed by atoms with Gasteiger partial charge in [-0.05, 0) is 36.8 Å². The van der Waals surface area contributed by atoms with Crippen LogP contribution in [0.1, 0.15) is 17.7 Å². The van der Waals surface area contributed by atoms with Crippen molar-refractivity contribution in [2.75, 3.05) is 29.5 Å². The summed E-state index contributed by atoms with van der Waals surface area (Å²) in [6.45, 7) is 5.20. The van der Waals surface area contributed by atoms with Gasteiger partial charge in [0.05, 0.1) is 11.1 Å². The van der Waals surface area contributed by atoms with Crippen LogP contribution in [-0.2, 0) is 11.3 Å². The first-order valence-corrected chi connectivity index (χ1v) is 11.0. The zero-order valence-corrected chi connectivity index (χ0v) is 18.2.